The van der Waals surface area contributed by atoms with Crippen molar-refractivity contribution in [2.24, 2.45) is 5.10 Å². The van der Waals surface area contributed by atoms with Crippen LogP contribution in [0.5, 0.6) is 11.5 Å². The monoisotopic (exact) mass is 520 g/mol. The second-order valence-electron chi connectivity index (χ2n) is 6.41. The van der Waals surface area contributed by atoms with E-state index in [4.69, 9.17) is 14.2 Å². The molecule has 0 aliphatic rings. The topological polar surface area (TPSA) is 127 Å². The normalized spacial score (nSPS) is 10.5. The minimum Gasteiger partial charge on any atom is -0.490 e. The number of ether oxygens (including phenoxy) is 3. The van der Waals surface area contributed by atoms with Crippen LogP contribution >= 0.6 is 15.9 Å². The van der Waals surface area contributed by atoms with E-state index in [0.29, 0.717) is 40.4 Å². The number of anilines is 1. The molecule has 0 aliphatic carbocycles. The quantitative estimate of drug-likeness (QED) is 0.180. The lowest BCUT2D eigenvalue weighted by Crippen LogP contribution is -2.39. The van der Waals surface area contributed by atoms with Gasteiger partial charge in [0.15, 0.2) is 18.1 Å². The molecule has 2 aromatic rings. The molecule has 0 radical (unpaired) electrons. The van der Waals surface area contributed by atoms with Gasteiger partial charge in [0.25, 0.3) is 5.91 Å². The maximum Gasteiger partial charge on any atom is 0.329 e. The number of rotatable bonds is 11. The lowest BCUT2D eigenvalue weighted by molar-refractivity contribution is -0.139. The van der Waals surface area contributed by atoms with E-state index >= 15 is 0 Å². The zero-order valence-electron chi connectivity index (χ0n) is 18.2. The van der Waals surface area contributed by atoms with Crippen molar-refractivity contribution in [3.05, 3.63) is 52.5 Å². The molecule has 0 aromatic heterocycles. The Kier molecular flexibility index (Phi) is 10.8. The second-order valence-corrected chi connectivity index (χ2v) is 7.27. The fourth-order valence-corrected chi connectivity index (χ4v) is 3.06. The summed E-state index contributed by atoms with van der Waals surface area (Å²) < 4.78 is 16.6. The summed E-state index contributed by atoms with van der Waals surface area (Å²) in [6.45, 7) is 2.44. The van der Waals surface area contributed by atoms with E-state index in [0.717, 1.165) is 0 Å². The third-order valence-corrected chi connectivity index (χ3v) is 4.50. The van der Waals surface area contributed by atoms with E-state index in [9.17, 15) is 14.4 Å². The van der Waals surface area contributed by atoms with Crippen LogP contribution in [0.3, 0.4) is 0 Å². The highest BCUT2D eigenvalue weighted by molar-refractivity contribution is 9.10. The molecule has 3 amide bonds. The first kappa shape index (κ1) is 25.8. The van der Waals surface area contributed by atoms with Crippen LogP contribution < -0.4 is 25.5 Å². The molecule has 2 rings (SSSR count). The molecule has 0 saturated heterocycles. The molecule has 3 N–H and O–H groups in total. The molecule has 11 heteroatoms. The number of benzene rings is 2. The van der Waals surface area contributed by atoms with Gasteiger partial charge in [-0.25, -0.2) is 5.43 Å². The van der Waals surface area contributed by atoms with Crippen LogP contribution in [0.25, 0.3) is 0 Å². The molecule has 0 unspecified atom stereocenters. The first-order valence-electron chi connectivity index (χ1n) is 9.98. The summed E-state index contributed by atoms with van der Waals surface area (Å²) in [5.74, 6) is -1.33. The average Bonchev–Trinajstić information content (AvgIpc) is 2.79. The Bertz CT molecular complexity index is 984. The summed E-state index contributed by atoms with van der Waals surface area (Å²) in [6, 6.07) is 12.3. The number of amides is 3. The SMILES string of the molecule is CCOc1cc(/C=N\NC(=O)C(=O)NCCOC)cc(Br)c1OCC(=O)Nc1ccccc1. The van der Waals surface area contributed by atoms with Crippen molar-refractivity contribution in [3.63, 3.8) is 0 Å². The first-order chi connectivity index (χ1) is 15.9. The number of methoxy groups -OCH3 is 1. The fourth-order valence-electron chi connectivity index (χ4n) is 2.48. The predicted molar refractivity (Wildman–Crippen MR) is 127 cm³/mol. The van der Waals surface area contributed by atoms with E-state index in [1.54, 1.807) is 24.3 Å². The van der Waals surface area contributed by atoms with Crippen LogP contribution in [0, 0.1) is 0 Å². The highest BCUT2D eigenvalue weighted by atomic mass is 79.9. The first-order valence-corrected chi connectivity index (χ1v) is 10.8. The van der Waals surface area contributed by atoms with Crippen molar-refractivity contribution >= 4 is 45.6 Å². The molecule has 33 heavy (non-hydrogen) atoms. The summed E-state index contributed by atoms with van der Waals surface area (Å²) in [7, 11) is 1.49. The number of para-hydroxylation sites is 1. The van der Waals surface area contributed by atoms with Gasteiger partial charge >= 0.3 is 11.8 Å². The van der Waals surface area contributed by atoms with Gasteiger partial charge in [-0.15, -0.1) is 0 Å². The molecule has 2 aromatic carbocycles. The number of hydrogen-bond acceptors (Lipinski definition) is 7. The van der Waals surface area contributed by atoms with Crippen LogP contribution in [-0.2, 0) is 19.1 Å². The van der Waals surface area contributed by atoms with Crippen molar-refractivity contribution in [1.82, 2.24) is 10.7 Å². The Balaban J connectivity index is 2.00. The fraction of sp³-hybridized carbons (Fsp3) is 0.273. The molecular weight excluding hydrogens is 496 g/mol. The molecule has 0 aliphatic heterocycles. The summed E-state index contributed by atoms with van der Waals surface area (Å²) in [4.78, 5) is 35.5. The van der Waals surface area contributed by atoms with Gasteiger partial charge in [0.05, 0.1) is 23.9 Å². The molecule has 0 fully saturated rings. The van der Waals surface area contributed by atoms with Crippen molar-refractivity contribution in [1.29, 1.82) is 0 Å². The molecule has 0 spiro atoms. The molecule has 0 bridgehead atoms. The van der Waals surface area contributed by atoms with Crippen LogP contribution in [0.4, 0.5) is 5.69 Å². The third kappa shape index (κ3) is 8.91. The summed E-state index contributed by atoms with van der Waals surface area (Å²) >= 11 is 3.40. The van der Waals surface area contributed by atoms with Gasteiger partial charge in [0.1, 0.15) is 0 Å². The van der Waals surface area contributed by atoms with Crippen LogP contribution in [0.15, 0.2) is 52.0 Å². The second kappa shape index (κ2) is 13.9. The highest BCUT2D eigenvalue weighted by Crippen LogP contribution is 2.36. The van der Waals surface area contributed by atoms with E-state index in [-0.39, 0.29) is 19.1 Å². The van der Waals surface area contributed by atoms with Crippen molar-refractivity contribution in [2.45, 2.75) is 6.92 Å². The zero-order chi connectivity index (χ0) is 24.1. The lowest BCUT2D eigenvalue weighted by atomic mass is 10.2. The zero-order valence-corrected chi connectivity index (χ0v) is 19.8. The standard InChI is InChI=1S/C22H25BrN4O6/c1-3-32-18-12-15(13-25-27-22(30)21(29)24-9-10-31-2)11-17(23)20(18)33-14-19(28)26-16-7-5-4-6-8-16/h4-8,11-13H,3,9-10,14H2,1-2H3,(H,24,29)(H,26,28)(H,27,30)/b25-13-. The van der Waals surface area contributed by atoms with E-state index in [1.807, 2.05) is 25.1 Å². The number of carbonyl (C=O) groups is 3. The lowest BCUT2D eigenvalue weighted by Gasteiger charge is -2.14. The van der Waals surface area contributed by atoms with Gasteiger partial charge in [-0.2, -0.15) is 5.10 Å². The molecular formula is C22H25BrN4O6. The minimum absolute atomic E-state index is 0.210. The van der Waals surface area contributed by atoms with Gasteiger partial charge in [-0.05, 0) is 52.7 Å². The summed E-state index contributed by atoms with van der Waals surface area (Å²) in [6.07, 6.45) is 1.35. The van der Waals surface area contributed by atoms with Crippen LogP contribution in [0.2, 0.25) is 0 Å². The average molecular weight is 521 g/mol. The van der Waals surface area contributed by atoms with Crippen molar-refractivity contribution in [3.8, 4) is 11.5 Å². The van der Waals surface area contributed by atoms with Crippen molar-refractivity contribution < 1.29 is 28.6 Å². The van der Waals surface area contributed by atoms with E-state index in [1.165, 1.54) is 13.3 Å². The number of hydrogen-bond donors (Lipinski definition) is 3. The highest BCUT2D eigenvalue weighted by Gasteiger charge is 2.15. The van der Waals surface area contributed by atoms with Gasteiger partial charge < -0.3 is 24.8 Å². The Labute approximate surface area is 199 Å². The summed E-state index contributed by atoms with van der Waals surface area (Å²) in [5.41, 5.74) is 3.37. The maximum atomic E-state index is 12.2. The molecule has 10 nitrogen and oxygen atoms in total. The van der Waals surface area contributed by atoms with Crippen LogP contribution in [0.1, 0.15) is 12.5 Å². The number of hydrazone groups is 1. The van der Waals surface area contributed by atoms with Gasteiger partial charge in [-0.3, -0.25) is 14.4 Å². The molecule has 0 heterocycles. The van der Waals surface area contributed by atoms with Crippen LogP contribution in [-0.4, -0.2) is 57.4 Å². The Morgan fingerprint density at radius 2 is 1.85 bits per heavy atom. The van der Waals surface area contributed by atoms with Gasteiger partial charge in [0, 0.05) is 19.3 Å². The Morgan fingerprint density at radius 3 is 2.55 bits per heavy atom. The molecule has 0 saturated carbocycles. The minimum atomic E-state index is -0.907. The Morgan fingerprint density at radius 1 is 1.09 bits per heavy atom. The predicted octanol–water partition coefficient (Wildman–Crippen LogP) is 2.08. The maximum absolute atomic E-state index is 12.2. The number of nitrogens with zero attached hydrogens (tertiary/aromatic N) is 1. The number of carbonyl (C=O) groups excluding carboxylic acids is 3. The smallest absolute Gasteiger partial charge is 0.329 e. The third-order valence-electron chi connectivity index (χ3n) is 3.91. The Hall–Kier alpha value is -3.44. The largest absolute Gasteiger partial charge is 0.490 e. The summed E-state index contributed by atoms with van der Waals surface area (Å²) in [5, 5.41) is 8.91. The number of halogens is 1. The van der Waals surface area contributed by atoms with E-state index < -0.39 is 11.8 Å². The molecule has 0 atom stereocenters. The van der Waals surface area contributed by atoms with Gasteiger partial charge in [-0.1, -0.05) is 18.2 Å². The number of nitrogens with one attached hydrogen (secondary N) is 3. The van der Waals surface area contributed by atoms with E-state index in [2.05, 4.69) is 37.1 Å². The van der Waals surface area contributed by atoms with Gasteiger partial charge in [0.2, 0.25) is 0 Å². The van der Waals surface area contributed by atoms with Crippen molar-refractivity contribution in [2.75, 3.05) is 38.8 Å². The molecule has 176 valence electrons.